The number of carbonyl (C=O) groups excluding carboxylic acids is 1. The fourth-order valence-corrected chi connectivity index (χ4v) is 3.75. The fraction of sp³-hybridized carbons (Fsp3) is 0.200. The molecule has 7 nitrogen and oxygen atoms in total. The first kappa shape index (κ1) is 21.2. The number of rotatable bonds is 7. The summed E-state index contributed by atoms with van der Waals surface area (Å²) in [7, 11) is 4.71. The number of imidazole rings is 1. The second-order valence-electron chi connectivity index (χ2n) is 7.24. The molecule has 0 saturated carbocycles. The SMILES string of the molecule is COc1cc(OC)c(OC)cc1CNC(=O)c1ccc2c(c1)nc(C)n2-c1ccccc1. The molecule has 1 heterocycles. The van der Waals surface area contributed by atoms with Gasteiger partial charge < -0.3 is 19.5 Å². The summed E-state index contributed by atoms with van der Waals surface area (Å²) in [6.07, 6.45) is 0. The molecule has 0 unspecified atom stereocenters. The lowest BCUT2D eigenvalue weighted by Crippen LogP contribution is -2.23. The van der Waals surface area contributed by atoms with Crippen LogP contribution in [0.15, 0.2) is 60.7 Å². The van der Waals surface area contributed by atoms with Gasteiger partial charge in [-0.2, -0.15) is 0 Å². The highest BCUT2D eigenvalue weighted by Gasteiger charge is 2.15. The molecule has 0 aliphatic rings. The molecule has 4 rings (SSSR count). The first-order valence-electron chi connectivity index (χ1n) is 10.2. The monoisotopic (exact) mass is 431 g/mol. The molecular formula is C25H25N3O4. The molecule has 1 N–H and O–H groups in total. The molecule has 32 heavy (non-hydrogen) atoms. The van der Waals surface area contributed by atoms with Crippen molar-refractivity contribution in [3.05, 3.63) is 77.6 Å². The zero-order chi connectivity index (χ0) is 22.7. The number of benzene rings is 3. The van der Waals surface area contributed by atoms with Crippen molar-refractivity contribution < 1.29 is 19.0 Å². The van der Waals surface area contributed by atoms with Crippen LogP contribution in [0.2, 0.25) is 0 Å². The molecule has 0 radical (unpaired) electrons. The van der Waals surface area contributed by atoms with E-state index < -0.39 is 0 Å². The van der Waals surface area contributed by atoms with E-state index in [1.807, 2.05) is 55.5 Å². The lowest BCUT2D eigenvalue weighted by Gasteiger charge is -2.14. The molecule has 0 bridgehead atoms. The Bertz CT molecular complexity index is 1270. The van der Waals surface area contributed by atoms with Crippen molar-refractivity contribution in [1.29, 1.82) is 0 Å². The largest absolute Gasteiger partial charge is 0.496 e. The molecule has 3 aromatic carbocycles. The van der Waals surface area contributed by atoms with Gasteiger partial charge in [0, 0.05) is 29.4 Å². The number of aryl methyl sites for hydroxylation is 1. The van der Waals surface area contributed by atoms with E-state index in [-0.39, 0.29) is 12.5 Å². The number of amides is 1. The van der Waals surface area contributed by atoms with Crippen LogP contribution in [0.4, 0.5) is 0 Å². The number of ether oxygens (including phenoxy) is 3. The van der Waals surface area contributed by atoms with Crippen LogP contribution in [0.3, 0.4) is 0 Å². The minimum absolute atomic E-state index is 0.198. The van der Waals surface area contributed by atoms with E-state index >= 15 is 0 Å². The van der Waals surface area contributed by atoms with Gasteiger partial charge in [0.05, 0.1) is 32.4 Å². The lowest BCUT2D eigenvalue weighted by molar-refractivity contribution is 0.0950. The van der Waals surface area contributed by atoms with Crippen molar-refractivity contribution in [2.45, 2.75) is 13.5 Å². The molecule has 1 aromatic heterocycles. The van der Waals surface area contributed by atoms with E-state index in [0.29, 0.717) is 22.8 Å². The molecule has 0 saturated heterocycles. The smallest absolute Gasteiger partial charge is 0.251 e. The van der Waals surface area contributed by atoms with Gasteiger partial charge in [-0.05, 0) is 43.3 Å². The number of aromatic nitrogens is 2. The number of hydrogen-bond acceptors (Lipinski definition) is 5. The van der Waals surface area contributed by atoms with Gasteiger partial charge in [0.15, 0.2) is 11.5 Å². The fourth-order valence-electron chi connectivity index (χ4n) is 3.75. The van der Waals surface area contributed by atoms with Gasteiger partial charge in [0.2, 0.25) is 0 Å². The van der Waals surface area contributed by atoms with Crippen molar-refractivity contribution in [2.24, 2.45) is 0 Å². The van der Waals surface area contributed by atoms with Crippen molar-refractivity contribution in [3.8, 4) is 22.9 Å². The number of nitrogens with zero attached hydrogens (tertiary/aromatic N) is 2. The quantitative estimate of drug-likeness (QED) is 0.473. The van der Waals surface area contributed by atoms with Crippen molar-refractivity contribution >= 4 is 16.9 Å². The number of hydrogen-bond donors (Lipinski definition) is 1. The molecule has 164 valence electrons. The Morgan fingerprint density at radius 1 is 0.906 bits per heavy atom. The van der Waals surface area contributed by atoms with Crippen molar-refractivity contribution in [2.75, 3.05) is 21.3 Å². The molecule has 4 aromatic rings. The second-order valence-corrected chi connectivity index (χ2v) is 7.24. The Hall–Kier alpha value is -4.00. The Morgan fingerprint density at radius 2 is 1.59 bits per heavy atom. The number of para-hydroxylation sites is 1. The molecule has 0 atom stereocenters. The average molecular weight is 431 g/mol. The second kappa shape index (κ2) is 9.01. The predicted molar refractivity (Wildman–Crippen MR) is 123 cm³/mol. The van der Waals surface area contributed by atoms with Crippen LogP contribution >= 0.6 is 0 Å². The first-order valence-corrected chi connectivity index (χ1v) is 10.2. The van der Waals surface area contributed by atoms with Crippen LogP contribution in [-0.2, 0) is 6.54 Å². The standard InChI is InChI=1S/C25H25N3O4/c1-16-27-20-12-17(10-11-21(20)28(16)19-8-6-5-7-9-19)25(29)26-15-18-13-23(31-3)24(32-4)14-22(18)30-2/h5-14H,15H2,1-4H3,(H,26,29). The maximum Gasteiger partial charge on any atom is 0.251 e. The zero-order valence-corrected chi connectivity index (χ0v) is 18.5. The molecule has 0 spiro atoms. The normalized spacial score (nSPS) is 10.8. The lowest BCUT2D eigenvalue weighted by atomic mass is 10.1. The molecule has 0 aliphatic carbocycles. The third-order valence-corrected chi connectivity index (χ3v) is 5.32. The zero-order valence-electron chi connectivity index (χ0n) is 18.5. The number of carbonyl (C=O) groups is 1. The first-order chi connectivity index (χ1) is 15.5. The summed E-state index contributed by atoms with van der Waals surface area (Å²) in [4.78, 5) is 17.5. The number of methoxy groups -OCH3 is 3. The van der Waals surface area contributed by atoms with Crippen LogP contribution in [0, 0.1) is 6.92 Å². The third kappa shape index (κ3) is 3.97. The van der Waals surface area contributed by atoms with Gasteiger partial charge in [-0.25, -0.2) is 4.98 Å². The molecule has 1 amide bonds. The Kier molecular flexibility index (Phi) is 5.98. The molecule has 7 heteroatoms. The van der Waals surface area contributed by atoms with Gasteiger partial charge in [0.1, 0.15) is 11.6 Å². The van der Waals surface area contributed by atoms with Crippen molar-refractivity contribution in [1.82, 2.24) is 14.9 Å². The van der Waals surface area contributed by atoms with Crippen LogP contribution in [-0.4, -0.2) is 36.8 Å². The van der Waals surface area contributed by atoms with Gasteiger partial charge >= 0.3 is 0 Å². The van der Waals surface area contributed by atoms with Gasteiger partial charge in [0.25, 0.3) is 5.91 Å². The third-order valence-electron chi connectivity index (χ3n) is 5.32. The van der Waals surface area contributed by atoms with Gasteiger partial charge in [-0.3, -0.25) is 9.36 Å². The summed E-state index contributed by atoms with van der Waals surface area (Å²) in [6, 6.07) is 19.1. The van der Waals surface area contributed by atoms with Crippen LogP contribution < -0.4 is 19.5 Å². The summed E-state index contributed by atoms with van der Waals surface area (Å²) in [5.74, 6) is 2.40. The minimum atomic E-state index is -0.198. The van der Waals surface area contributed by atoms with Gasteiger partial charge in [-0.15, -0.1) is 0 Å². The summed E-state index contributed by atoms with van der Waals surface area (Å²) in [5.41, 5.74) is 4.07. The summed E-state index contributed by atoms with van der Waals surface area (Å²) in [5, 5.41) is 2.95. The molecule has 0 fully saturated rings. The highest BCUT2D eigenvalue weighted by molar-refractivity contribution is 5.97. The Morgan fingerprint density at radius 3 is 2.28 bits per heavy atom. The Balaban J connectivity index is 1.58. The van der Waals surface area contributed by atoms with Crippen LogP contribution in [0.25, 0.3) is 16.7 Å². The average Bonchev–Trinajstić information content (AvgIpc) is 3.17. The topological polar surface area (TPSA) is 74.6 Å². The highest BCUT2D eigenvalue weighted by Crippen LogP contribution is 2.34. The van der Waals surface area contributed by atoms with Crippen LogP contribution in [0.5, 0.6) is 17.2 Å². The highest BCUT2D eigenvalue weighted by atomic mass is 16.5. The summed E-state index contributed by atoms with van der Waals surface area (Å²) in [6.45, 7) is 2.23. The van der Waals surface area contributed by atoms with Crippen molar-refractivity contribution in [3.63, 3.8) is 0 Å². The summed E-state index contributed by atoms with van der Waals surface area (Å²) >= 11 is 0. The van der Waals surface area contributed by atoms with E-state index in [9.17, 15) is 4.79 Å². The van der Waals surface area contributed by atoms with E-state index in [4.69, 9.17) is 14.2 Å². The molecular weight excluding hydrogens is 406 g/mol. The van der Waals surface area contributed by atoms with E-state index in [0.717, 1.165) is 28.1 Å². The van der Waals surface area contributed by atoms with E-state index in [2.05, 4.69) is 14.9 Å². The number of nitrogens with one attached hydrogen (secondary N) is 1. The molecule has 0 aliphatic heterocycles. The maximum atomic E-state index is 12.9. The van der Waals surface area contributed by atoms with Crippen LogP contribution in [0.1, 0.15) is 21.7 Å². The van der Waals surface area contributed by atoms with E-state index in [1.165, 1.54) is 0 Å². The minimum Gasteiger partial charge on any atom is -0.496 e. The Labute approximate surface area is 186 Å². The maximum absolute atomic E-state index is 12.9. The number of fused-ring (bicyclic) bond motifs is 1. The van der Waals surface area contributed by atoms with E-state index in [1.54, 1.807) is 33.5 Å². The predicted octanol–water partition coefficient (Wildman–Crippen LogP) is 4.29. The van der Waals surface area contributed by atoms with Gasteiger partial charge in [-0.1, -0.05) is 18.2 Å². The summed E-state index contributed by atoms with van der Waals surface area (Å²) < 4.78 is 18.2.